The van der Waals surface area contributed by atoms with Gasteiger partial charge in [-0.15, -0.1) is 11.8 Å². The van der Waals surface area contributed by atoms with Gasteiger partial charge in [-0.1, -0.05) is 6.58 Å². The molecule has 8 heteroatoms. The minimum atomic E-state index is -0.288. The van der Waals surface area contributed by atoms with E-state index < -0.39 is 0 Å². The van der Waals surface area contributed by atoms with E-state index in [2.05, 4.69) is 21.8 Å². The molecule has 0 saturated heterocycles. The summed E-state index contributed by atoms with van der Waals surface area (Å²) in [5.74, 6) is 0.00709. The van der Waals surface area contributed by atoms with Crippen molar-refractivity contribution >= 4 is 23.5 Å². The average molecular weight is 424 g/mol. The van der Waals surface area contributed by atoms with Crippen LogP contribution in [-0.2, 0) is 17.9 Å². The maximum Gasteiger partial charge on any atom is 0.222 e. The number of nitrogens with one attached hydrogen (secondary N) is 1. The number of halogens is 1. The van der Waals surface area contributed by atoms with Crippen LogP contribution in [0.5, 0.6) is 0 Å². The second-order valence-corrected chi connectivity index (χ2v) is 7.91. The fourth-order valence-corrected chi connectivity index (χ4v) is 4.02. The summed E-state index contributed by atoms with van der Waals surface area (Å²) in [7, 11) is 0. The molecule has 0 spiro atoms. The first-order valence-electron chi connectivity index (χ1n) is 9.53. The molecule has 3 heterocycles. The summed E-state index contributed by atoms with van der Waals surface area (Å²) in [5, 5.41) is 8.60. The van der Waals surface area contributed by atoms with Crippen molar-refractivity contribution in [3.05, 3.63) is 65.7 Å². The number of anilines is 1. The summed E-state index contributed by atoms with van der Waals surface area (Å²) in [5.41, 5.74) is 4.51. The standard InChI is InChI=1S/C22H22FN5OS/c1-14(29)25-20-12-17(8-9-24-20)21-19-13-27(15(2)30-3)10-11-28(19)26-22(21)16-4-6-18(23)7-5-16/h4-9,12H,2,10-11,13H2,1,3H3,(H,24,25,29). The van der Waals surface area contributed by atoms with Crippen LogP contribution in [0.1, 0.15) is 12.6 Å². The molecule has 1 N–H and O–H groups in total. The van der Waals surface area contributed by atoms with E-state index >= 15 is 0 Å². The van der Waals surface area contributed by atoms with E-state index in [0.29, 0.717) is 12.4 Å². The molecule has 4 rings (SSSR count). The fourth-order valence-electron chi connectivity index (χ4n) is 3.61. The van der Waals surface area contributed by atoms with Gasteiger partial charge in [0, 0.05) is 30.8 Å². The summed E-state index contributed by atoms with van der Waals surface area (Å²) in [4.78, 5) is 18.0. The Morgan fingerprint density at radius 1 is 1.20 bits per heavy atom. The second-order valence-electron chi connectivity index (χ2n) is 7.03. The quantitative estimate of drug-likeness (QED) is 0.661. The van der Waals surface area contributed by atoms with Crippen LogP contribution in [0.25, 0.3) is 22.4 Å². The van der Waals surface area contributed by atoms with Crippen LogP contribution in [-0.4, -0.2) is 38.4 Å². The zero-order valence-corrected chi connectivity index (χ0v) is 17.7. The van der Waals surface area contributed by atoms with Crippen LogP contribution < -0.4 is 5.32 Å². The topological polar surface area (TPSA) is 63.1 Å². The number of thioether (sulfide) groups is 1. The van der Waals surface area contributed by atoms with Crippen molar-refractivity contribution in [1.29, 1.82) is 0 Å². The smallest absolute Gasteiger partial charge is 0.222 e. The highest BCUT2D eigenvalue weighted by molar-refractivity contribution is 8.02. The van der Waals surface area contributed by atoms with Crippen molar-refractivity contribution in [2.75, 3.05) is 18.1 Å². The third kappa shape index (κ3) is 3.95. The summed E-state index contributed by atoms with van der Waals surface area (Å²) < 4.78 is 15.5. The van der Waals surface area contributed by atoms with Crippen LogP contribution >= 0.6 is 11.8 Å². The van der Waals surface area contributed by atoms with Crippen LogP contribution in [0.4, 0.5) is 10.2 Å². The summed E-state index contributed by atoms with van der Waals surface area (Å²) >= 11 is 1.62. The highest BCUT2D eigenvalue weighted by Crippen LogP contribution is 2.38. The molecule has 3 aromatic rings. The Balaban J connectivity index is 1.86. The molecule has 1 aliphatic rings. The molecule has 154 valence electrons. The molecule has 1 amide bonds. The predicted octanol–water partition coefficient (Wildman–Crippen LogP) is 4.36. The Labute approximate surface area is 178 Å². The SMILES string of the molecule is C=C(SC)N1CCn2nc(-c3ccc(F)cc3)c(-c3ccnc(NC(C)=O)c3)c2C1. The number of carbonyl (C=O) groups is 1. The van der Waals surface area contributed by atoms with Gasteiger partial charge in [-0.3, -0.25) is 9.48 Å². The van der Waals surface area contributed by atoms with Crippen LogP contribution in [0.3, 0.4) is 0 Å². The molecule has 0 aliphatic carbocycles. The van der Waals surface area contributed by atoms with Crippen molar-refractivity contribution in [3.8, 4) is 22.4 Å². The molecule has 30 heavy (non-hydrogen) atoms. The number of aromatic nitrogens is 3. The van der Waals surface area contributed by atoms with E-state index in [1.54, 1.807) is 30.1 Å². The number of benzene rings is 1. The molecule has 2 aromatic heterocycles. The van der Waals surface area contributed by atoms with Gasteiger partial charge in [0.1, 0.15) is 17.3 Å². The molecule has 1 aliphatic heterocycles. The lowest BCUT2D eigenvalue weighted by atomic mass is 9.98. The van der Waals surface area contributed by atoms with Gasteiger partial charge in [0.2, 0.25) is 5.91 Å². The lowest BCUT2D eigenvalue weighted by Crippen LogP contribution is -2.32. The molecular weight excluding hydrogens is 401 g/mol. The molecule has 6 nitrogen and oxygen atoms in total. The molecule has 1 aromatic carbocycles. The number of amides is 1. The second kappa shape index (κ2) is 8.31. The molecule has 0 atom stereocenters. The molecule has 0 fully saturated rings. The van der Waals surface area contributed by atoms with Gasteiger partial charge in [0.25, 0.3) is 0 Å². The van der Waals surface area contributed by atoms with Crippen molar-refractivity contribution in [1.82, 2.24) is 19.7 Å². The predicted molar refractivity (Wildman–Crippen MR) is 118 cm³/mol. The largest absolute Gasteiger partial charge is 0.359 e. The first-order chi connectivity index (χ1) is 14.5. The van der Waals surface area contributed by atoms with Crippen molar-refractivity contribution in [3.63, 3.8) is 0 Å². The third-order valence-corrected chi connectivity index (χ3v) is 5.77. The van der Waals surface area contributed by atoms with Gasteiger partial charge in [-0.2, -0.15) is 5.10 Å². The lowest BCUT2D eigenvalue weighted by molar-refractivity contribution is -0.114. The van der Waals surface area contributed by atoms with E-state index in [9.17, 15) is 9.18 Å². The molecule has 0 saturated carbocycles. The average Bonchev–Trinajstić information content (AvgIpc) is 3.12. The minimum Gasteiger partial charge on any atom is -0.359 e. The van der Waals surface area contributed by atoms with E-state index in [4.69, 9.17) is 5.10 Å². The Morgan fingerprint density at radius 3 is 2.67 bits per heavy atom. The highest BCUT2D eigenvalue weighted by atomic mass is 32.2. The first kappa shape index (κ1) is 20.2. The first-order valence-corrected chi connectivity index (χ1v) is 10.8. The number of rotatable bonds is 5. The van der Waals surface area contributed by atoms with Gasteiger partial charge in [0.15, 0.2) is 0 Å². The van der Waals surface area contributed by atoms with Crippen molar-refractivity contribution in [2.45, 2.75) is 20.0 Å². The zero-order valence-electron chi connectivity index (χ0n) is 16.9. The van der Waals surface area contributed by atoms with E-state index in [0.717, 1.165) is 46.2 Å². The Kier molecular flexibility index (Phi) is 5.59. The van der Waals surface area contributed by atoms with Crippen LogP contribution in [0.2, 0.25) is 0 Å². The summed E-state index contributed by atoms with van der Waals surface area (Å²) in [6.45, 7) is 7.82. The number of pyridine rings is 1. The fraction of sp³-hybridized carbons (Fsp3) is 0.227. The monoisotopic (exact) mass is 423 g/mol. The zero-order chi connectivity index (χ0) is 21.3. The van der Waals surface area contributed by atoms with Crippen molar-refractivity contribution < 1.29 is 9.18 Å². The van der Waals surface area contributed by atoms with Crippen LogP contribution in [0.15, 0.2) is 54.2 Å². The highest BCUT2D eigenvalue weighted by Gasteiger charge is 2.26. The molecule has 0 radical (unpaired) electrons. The minimum absolute atomic E-state index is 0.183. The van der Waals surface area contributed by atoms with E-state index in [1.807, 2.05) is 23.1 Å². The number of fused-ring (bicyclic) bond motifs is 1. The van der Waals surface area contributed by atoms with Gasteiger partial charge in [-0.25, -0.2) is 9.37 Å². The van der Waals surface area contributed by atoms with Gasteiger partial charge >= 0.3 is 0 Å². The molecular formula is C22H22FN5OS. The third-order valence-electron chi connectivity index (χ3n) is 5.04. The van der Waals surface area contributed by atoms with Gasteiger partial charge < -0.3 is 10.2 Å². The summed E-state index contributed by atoms with van der Waals surface area (Å²) in [6.07, 6.45) is 3.68. The lowest BCUT2D eigenvalue weighted by Gasteiger charge is -2.30. The van der Waals surface area contributed by atoms with Gasteiger partial charge in [0.05, 0.1) is 23.8 Å². The number of nitrogens with zero attached hydrogens (tertiary/aromatic N) is 4. The van der Waals surface area contributed by atoms with Gasteiger partial charge in [-0.05, 0) is 48.2 Å². The Bertz CT molecular complexity index is 1110. The van der Waals surface area contributed by atoms with Crippen LogP contribution in [0, 0.1) is 5.82 Å². The number of carbonyl (C=O) groups excluding carboxylic acids is 1. The summed E-state index contributed by atoms with van der Waals surface area (Å²) in [6, 6.07) is 10.1. The van der Waals surface area contributed by atoms with Crippen molar-refractivity contribution in [2.24, 2.45) is 0 Å². The maximum atomic E-state index is 13.5. The normalized spacial score (nSPS) is 13.1. The number of hydrogen-bond acceptors (Lipinski definition) is 5. The van der Waals surface area contributed by atoms with E-state index in [-0.39, 0.29) is 11.7 Å². The van der Waals surface area contributed by atoms with E-state index in [1.165, 1.54) is 19.1 Å². The molecule has 0 unspecified atom stereocenters. The Morgan fingerprint density at radius 2 is 1.97 bits per heavy atom. The molecule has 0 bridgehead atoms. The number of hydrogen-bond donors (Lipinski definition) is 1. The maximum absolute atomic E-state index is 13.5. The Hall–Kier alpha value is -3.13.